The second kappa shape index (κ2) is 11.8. The number of fused-ring (bicyclic) bond motifs is 2. The first-order chi connectivity index (χ1) is 21.3. The third-order valence-corrected chi connectivity index (χ3v) is 9.79. The van der Waals surface area contributed by atoms with Crippen molar-refractivity contribution in [2.24, 2.45) is 0 Å². The van der Waals surface area contributed by atoms with Gasteiger partial charge in [-0.15, -0.1) is 11.3 Å². The van der Waals surface area contributed by atoms with Crippen LogP contribution in [0.25, 0.3) is 22.0 Å². The van der Waals surface area contributed by atoms with Crippen LogP contribution in [0.4, 0.5) is 13.9 Å². The molecule has 2 aliphatic heterocycles. The molecular weight excluding hydrogens is 631 g/mol. The van der Waals surface area contributed by atoms with E-state index in [0.29, 0.717) is 56.0 Å². The lowest BCUT2D eigenvalue weighted by molar-refractivity contribution is -0.118. The van der Waals surface area contributed by atoms with E-state index in [-0.39, 0.29) is 32.2 Å². The van der Waals surface area contributed by atoms with Crippen molar-refractivity contribution in [2.75, 3.05) is 25.1 Å². The number of imidazole rings is 1. The first-order valence-electron chi connectivity index (χ1n) is 14.1. The molecule has 1 unspecified atom stereocenters. The first-order valence-corrected chi connectivity index (χ1v) is 15.8. The maximum Gasteiger partial charge on any atom is 0.257 e. The molecule has 5 heterocycles. The second-order valence-corrected chi connectivity index (χ2v) is 12.8. The average molecular weight is 659 g/mol. The third kappa shape index (κ3) is 5.28. The van der Waals surface area contributed by atoms with Crippen molar-refractivity contribution in [3.05, 3.63) is 81.4 Å². The Morgan fingerprint density at radius 2 is 2.00 bits per heavy atom. The van der Waals surface area contributed by atoms with Gasteiger partial charge in [0.15, 0.2) is 11.2 Å². The molecule has 1 fully saturated rings. The van der Waals surface area contributed by atoms with Crippen molar-refractivity contribution in [2.45, 2.75) is 43.7 Å². The lowest BCUT2D eigenvalue weighted by Crippen LogP contribution is -2.41. The normalized spacial score (nSPS) is 21.1. The summed E-state index contributed by atoms with van der Waals surface area (Å²) < 4.78 is 32.4. The Morgan fingerprint density at radius 1 is 1.18 bits per heavy atom. The molecule has 1 amide bonds. The SMILES string of the molecule is O=C(Nc1nccs1)C(c1ncn2c1C[C@@H](F)C2)n1cc2c(Cl)cc(-c3ccc([C@@H]4CCN(CO)C[C@H]4F)cc3)c(Cl)c2n1. The van der Waals surface area contributed by atoms with Gasteiger partial charge in [0.1, 0.15) is 17.9 Å². The fraction of sp³-hybridized carbons (Fsp3) is 0.333. The number of piperidine rings is 1. The number of aliphatic hydroxyl groups is 1. The van der Waals surface area contributed by atoms with Crippen LogP contribution in [0.3, 0.4) is 0 Å². The molecule has 3 aromatic heterocycles. The van der Waals surface area contributed by atoms with Gasteiger partial charge < -0.3 is 9.67 Å². The summed E-state index contributed by atoms with van der Waals surface area (Å²) >= 11 is 15.0. The number of aromatic nitrogens is 5. The molecule has 9 nitrogen and oxygen atoms in total. The van der Waals surface area contributed by atoms with Gasteiger partial charge in [-0.3, -0.25) is 19.7 Å². The molecule has 0 saturated carbocycles. The molecule has 0 radical (unpaired) electrons. The monoisotopic (exact) mass is 657 g/mol. The highest BCUT2D eigenvalue weighted by Gasteiger charge is 2.35. The molecule has 1 saturated heterocycles. The molecule has 14 heteroatoms. The van der Waals surface area contributed by atoms with Gasteiger partial charge >= 0.3 is 0 Å². The number of carbonyl (C=O) groups excluding carboxylic acids is 1. The van der Waals surface area contributed by atoms with Gasteiger partial charge in [0.25, 0.3) is 5.91 Å². The summed E-state index contributed by atoms with van der Waals surface area (Å²) in [5, 5.41) is 20.3. The maximum absolute atomic E-state index is 14.9. The van der Waals surface area contributed by atoms with E-state index in [2.05, 4.69) is 15.3 Å². The van der Waals surface area contributed by atoms with Gasteiger partial charge in [0, 0.05) is 59.8 Å². The number of nitrogens with zero attached hydrogens (tertiary/aromatic N) is 6. The molecule has 4 atom stereocenters. The second-order valence-electron chi connectivity index (χ2n) is 11.1. The van der Waals surface area contributed by atoms with Crippen molar-refractivity contribution in [3.8, 4) is 11.1 Å². The summed E-state index contributed by atoms with van der Waals surface area (Å²) in [6.45, 7) is 0.854. The number of rotatable bonds is 7. The molecule has 0 aliphatic carbocycles. The van der Waals surface area contributed by atoms with Gasteiger partial charge in [0.05, 0.1) is 35.3 Å². The van der Waals surface area contributed by atoms with Crippen LogP contribution in [0.2, 0.25) is 10.0 Å². The summed E-state index contributed by atoms with van der Waals surface area (Å²) in [5.74, 6) is -0.691. The van der Waals surface area contributed by atoms with Gasteiger partial charge in [0.2, 0.25) is 0 Å². The van der Waals surface area contributed by atoms with Crippen LogP contribution >= 0.6 is 34.5 Å². The van der Waals surface area contributed by atoms with Crippen molar-refractivity contribution < 1.29 is 18.7 Å². The third-order valence-electron chi connectivity index (χ3n) is 8.40. The van der Waals surface area contributed by atoms with E-state index in [0.717, 1.165) is 11.1 Å². The van der Waals surface area contributed by atoms with E-state index in [1.165, 1.54) is 16.0 Å². The Labute approximate surface area is 265 Å². The number of benzene rings is 2. The number of hydrogen-bond donors (Lipinski definition) is 2. The fourth-order valence-electron chi connectivity index (χ4n) is 6.19. The Hall–Kier alpha value is -3.42. The first kappa shape index (κ1) is 29.3. The van der Waals surface area contributed by atoms with E-state index < -0.39 is 24.3 Å². The Kier molecular flexibility index (Phi) is 7.87. The zero-order chi connectivity index (χ0) is 30.5. The minimum absolute atomic E-state index is 0.141. The van der Waals surface area contributed by atoms with Crippen LogP contribution in [0, 0.1) is 0 Å². The molecule has 0 spiro atoms. The number of carbonyl (C=O) groups is 1. The predicted octanol–water partition coefficient (Wildman–Crippen LogP) is 5.86. The maximum atomic E-state index is 14.9. The average Bonchev–Trinajstić information content (AvgIpc) is 3.82. The van der Waals surface area contributed by atoms with Crippen LogP contribution in [0.15, 0.2) is 54.4 Å². The zero-order valence-corrected chi connectivity index (χ0v) is 25.5. The van der Waals surface area contributed by atoms with Crippen LogP contribution in [-0.4, -0.2) is 72.4 Å². The van der Waals surface area contributed by atoms with E-state index in [1.807, 2.05) is 24.3 Å². The molecule has 5 aromatic rings. The predicted molar refractivity (Wildman–Crippen MR) is 166 cm³/mol. The zero-order valence-electron chi connectivity index (χ0n) is 23.2. The van der Waals surface area contributed by atoms with E-state index in [1.54, 1.807) is 39.6 Å². The van der Waals surface area contributed by atoms with E-state index in [4.69, 9.17) is 28.3 Å². The van der Waals surface area contributed by atoms with Gasteiger partial charge in [-0.05, 0) is 23.6 Å². The molecule has 228 valence electrons. The van der Waals surface area contributed by atoms with Crippen molar-refractivity contribution in [1.82, 2.24) is 29.2 Å². The molecule has 7 rings (SSSR count). The van der Waals surface area contributed by atoms with Crippen molar-refractivity contribution in [1.29, 1.82) is 0 Å². The molecule has 2 aromatic carbocycles. The lowest BCUT2D eigenvalue weighted by atomic mass is 9.87. The molecule has 2 aliphatic rings. The van der Waals surface area contributed by atoms with E-state index >= 15 is 0 Å². The minimum Gasteiger partial charge on any atom is -0.381 e. The molecule has 0 bridgehead atoms. The summed E-state index contributed by atoms with van der Waals surface area (Å²) in [7, 11) is 0. The van der Waals surface area contributed by atoms with Crippen LogP contribution < -0.4 is 5.32 Å². The number of amides is 1. The van der Waals surface area contributed by atoms with Crippen molar-refractivity contribution in [3.63, 3.8) is 0 Å². The number of halogens is 4. The quantitative estimate of drug-likeness (QED) is 0.227. The highest BCUT2D eigenvalue weighted by molar-refractivity contribution is 7.13. The largest absolute Gasteiger partial charge is 0.381 e. The summed E-state index contributed by atoms with van der Waals surface area (Å²) in [6, 6.07) is 8.26. The van der Waals surface area contributed by atoms with Crippen LogP contribution in [-0.2, 0) is 17.8 Å². The smallest absolute Gasteiger partial charge is 0.257 e. The Bertz CT molecular complexity index is 1830. The number of likely N-dealkylation sites (tertiary alicyclic amines) is 1. The number of nitrogens with one attached hydrogen (secondary N) is 1. The fourth-order valence-corrected chi connectivity index (χ4v) is 7.28. The Morgan fingerprint density at radius 3 is 2.73 bits per heavy atom. The number of aliphatic hydroxyl groups excluding tert-OH is 1. The molecule has 44 heavy (non-hydrogen) atoms. The number of anilines is 1. The standard InChI is InChI=1S/C30H27Cl2F2N7O2S/c31-22-10-20(17-3-1-16(2-4-17)19-5-7-39(15-42)13-23(19)34)25(32)26-21(22)12-41(38-26)28(29(43)37-30-35-6-8-44-30)27-24-9-18(33)11-40(24)14-36-27/h1-4,6,8,10,12,14,18-19,23,28,42H,5,7,9,11,13,15H2,(H,35,37,43)/t18-,19+,23-,28?/m1/s1. The highest BCUT2D eigenvalue weighted by atomic mass is 35.5. The Balaban J connectivity index is 1.24. The highest BCUT2D eigenvalue weighted by Crippen LogP contribution is 2.40. The van der Waals surface area contributed by atoms with Crippen LogP contribution in [0.1, 0.15) is 35.3 Å². The lowest BCUT2D eigenvalue weighted by Gasteiger charge is -2.33. The van der Waals surface area contributed by atoms with E-state index in [9.17, 15) is 18.7 Å². The summed E-state index contributed by atoms with van der Waals surface area (Å²) in [5.41, 5.74) is 3.71. The number of hydrogen-bond acceptors (Lipinski definition) is 7. The van der Waals surface area contributed by atoms with Gasteiger partial charge in [-0.25, -0.2) is 18.7 Å². The summed E-state index contributed by atoms with van der Waals surface area (Å²) in [6.07, 6.45) is 3.39. The summed E-state index contributed by atoms with van der Waals surface area (Å²) in [4.78, 5) is 24.0. The molecule has 2 N–H and O–H groups in total. The van der Waals surface area contributed by atoms with Gasteiger partial charge in [-0.1, -0.05) is 47.5 Å². The molecular formula is C30H27Cl2F2N7O2S. The number of alkyl halides is 2. The van der Waals surface area contributed by atoms with Crippen LogP contribution in [0.5, 0.6) is 0 Å². The van der Waals surface area contributed by atoms with Gasteiger partial charge in [-0.2, -0.15) is 5.10 Å². The minimum atomic E-state index is -1.08. The topological polar surface area (TPSA) is 101 Å². The van der Waals surface area contributed by atoms with Crippen molar-refractivity contribution >= 4 is 56.5 Å². The number of thiazole rings is 1.